The molecule has 2 heterocycles. The number of amides is 1. The lowest BCUT2D eigenvalue weighted by molar-refractivity contribution is 0.0976. The molecule has 1 saturated carbocycles. The molecule has 3 aromatic rings. The van der Waals surface area contributed by atoms with E-state index < -0.39 is 15.8 Å². The normalized spacial score (nSPS) is 15.2. The molecular weight excluding hydrogens is 446 g/mol. The Morgan fingerprint density at radius 1 is 1.18 bits per heavy atom. The van der Waals surface area contributed by atoms with Crippen LogP contribution in [0.2, 0.25) is 0 Å². The van der Waals surface area contributed by atoms with E-state index in [1.54, 1.807) is 47.4 Å². The molecule has 4 rings (SSSR count). The predicted molar refractivity (Wildman–Crippen MR) is 120 cm³/mol. The number of rotatable bonds is 9. The zero-order valence-electron chi connectivity index (χ0n) is 18.3. The van der Waals surface area contributed by atoms with E-state index in [1.165, 1.54) is 20.3 Å². The van der Waals surface area contributed by atoms with Crippen molar-refractivity contribution in [3.8, 4) is 17.4 Å². The lowest BCUT2D eigenvalue weighted by atomic mass is 9.96. The van der Waals surface area contributed by atoms with Crippen molar-refractivity contribution in [3.63, 3.8) is 0 Å². The van der Waals surface area contributed by atoms with Crippen molar-refractivity contribution in [2.45, 2.75) is 36.8 Å². The zero-order valence-corrected chi connectivity index (χ0v) is 19.1. The highest BCUT2D eigenvalue weighted by Gasteiger charge is 2.28. The van der Waals surface area contributed by atoms with Crippen LogP contribution in [0.5, 0.6) is 17.4 Å². The first-order valence-corrected chi connectivity index (χ1v) is 11.9. The molecule has 0 spiro atoms. The van der Waals surface area contributed by atoms with Gasteiger partial charge in [-0.15, -0.1) is 0 Å². The van der Waals surface area contributed by atoms with Crippen LogP contribution in [0.1, 0.15) is 35.3 Å². The molecule has 0 aliphatic heterocycles. The lowest BCUT2D eigenvalue weighted by Gasteiger charge is -2.28. The molecular formula is C22H25N5O5S. The van der Waals surface area contributed by atoms with Gasteiger partial charge in [-0.25, -0.2) is 14.0 Å². The van der Waals surface area contributed by atoms with Crippen molar-refractivity contribution in [2.75, 3.05) is 14.2 Å². The van der Waals surface area contributed by atoms with Gasteiger partial charge < -0.3 is 14.2 Å². The van der Waals surface area contributed by atoms with E-state index in [2.05, 4.69) is 14.8 Å². The predicted octanol–water partition coefficient (Wildman–Crippen LogP) is 3.03. The van der Waals surface area contributed by atoms with E-state index in [9.17, 15) is 9.00 Å². The number of hydrogen-bond acceptors (Lipinski definition) is 8. The number of hydrogen-bond donors (Lipinski definition) is 2. The summed E-state index contributed by atoms with van der Waals surface area (Å²) >= 11 is 0. The fourth-order valence-corrected chi connectivity index (χ4v) is 4.70. The third-order valence-corrected chi connectivity index (χ3v) is 6.74. The van der Waals surface area contributed by atoms with Crippen molar-refractivity contribution in [2.24, 2.45) is 0 Å². The number of benzene rings is 1. The monoisotopic (exact) mass is 471 g/mol. The summed E-state index contributed by atoms with van der Waals surface area (Å²) in [5, 5.41) is 4.15. The largest absolute Gasteiger partial charge is 0.495 e. The van der Waals surface area contributed by atoms with Gasteiger partial charge in [-0.2, -0.15) is 5.10 Å². The van der Waals surface area contributed by atoms with Crippen LogP contribution in [0.15, 0.2) is 53.7 Å². The summed E-state index contributed by atoms with van der Waals surface area (Å²) in [6.45, 7) is 0.406. The lowest BCUT2D eigenvalue weighted by Crippen LogP contribution is -2.32. The van der Waals surface area contributed by atoms with Gasteiger partial charge >= 0.3 is 0 Å². The fourth-order valence-electron chi connectivity index (χ4n) is 3.40. The number of pyridine rings is 1. The maximum atomic E-state index is 13.4. The summed E-state index contributed by atoms with van der Waals surface area (Å²) in [4.78, 5) is 17.1. The molecule has 2 aromatic heterocycles. The molecule has 1 fully saturated rings. The molecule has 2 N–H and O–H groups in total. The molecule has 1 aliphatic carbocycles. The Morgan fingerprint density at radius 3 is 2.61 bits per heavy atom. The summed E-state index contributed by atoms with van der Waals surface area (Å²) < 4.78 is 42.4. The van der Waals surface area contributed by atoms with Crippen molar-refractivity contribution in [1.82, 2.24) is 19.5 Å². The Labute approximate surface area is 192 Å². The minimum atomic E-state index is -3.83. The maximum Gasteiger partial charge on any atom is 0.282 e. The second-order valence-corrected chi connectivity index (χ2v) is 9.24. The molecule has 1 aromatic carbocycles. The Morgan fingerprint density at radius 2 is 1.97 bits per heavy atom. The first kappa shape index (κ1) is 22.6. The Kier molecular flexibility index (Phi) is 6.50. The third kappa shape index (κ3) is 4.92. The van der Waals surface area contributed by atoms with Gasteiger partial charge in [0, 0.05) is 18.0 Å². The first-order valence-electron chi connectivity index (χ1n) is 10.4. The van der Waals surface area contributed by atoms with Gasteiger partial charge in [0.05, 0.1) is 26.9 Å². The molecule has 1 aliphatic rings. The summed E-state index contributed by atoms with van der Waals surface area (Å²) in [6.07, 6.45) is 6.28. The fraction of sp³-hybridized carbons (Fsp3) is 0.318. The van der Waals surface area contributed by atoms with Crippen molar-refractivity contribution < 1.29 is 23.2 Å². The van der Waals surface area contributed by atoms with Gasteiger partial charge in [0.1, 0.15) is 17.2 Å². The molecule has 0 radical (unpaired) electrons. The van der Waals surface area contributed by atoms with Gasteiger partial charge in [0.15, 0.2) is 14.8 Å². The Hall–Kier alpha value is -3.60. The number of nitrogens with zero attached hydrogens (tertiary/aromatic N) is 3. The standard InChI is InChI=1S/C22H25N5O5S/c1-30-18-8-4-9-19(32-16-6-3-7-16)20(18)33(23,29)26-21(28)17-11-10-15(22(25-17)31-2)14-27-13-5-12-24-27/h4-5,8-13,16H,3,6-7,14H2,1-2H3,(H2,23,26,28,29)/t33-/m0/s1. The summed E-state index contributed by atoms with van der Waals surface area (Å²) in [7, 11) is -0.968. The Bertz CT molecular complexity index is 1240. The molecule has 0 unspecified atom stereocenters. The van der Waals surface area contributed by atoms with E-state index in [1.807, 2.05) is 0 Å². The average molecular weight is 472 g/mol. The van der Waals surface area contributed by atoms with Crippen LogP contribution in [0, 0.1) is 4.78 Å². The van der Waals surface area contributed by atoms with Gasteiger partial charge in [-0.1, -0.05) is 6.07 Å². The van der Waals surface area contributed by atoms with Gasteiger partial charge in [0.25, 0.3) is 5.91 Å². The molecule has 1 atom stereocenters. The van der Waals surface area contributed by atoms with Crippen molar-refractivity contribution in [1.29, 1.82) is 4.78 Å². The second kappa shape index (κ2) is 9.49. The van der Waals surface area contributed by atoms with E-state index >= 15 is 0 Å². The number of carbonyl (C=O) groups is 1. The number of carbonyl (C=O) groups excluding carboxylic acids is 1. The minimum absolute atomic E-state index is 0.00461. The molecule has 33 heavy (non-hydrogen) atoms. The highest BCUT2D eigenvalue weighted by molar-refractivity contribution is 7.91. The highest BCUT2D eigenvalue weighted by Crippen LogP contribution is 2.36. The molecule has 1 amide bonds. The molecule has 0 bridgehead atoms. The van der Waals surface area contributed by atoms with Gasteiger partial charge in [0.2, 0.25) is 5.88 Å². The summed E-state index contributed by atoms with van der Waals surface area (Å²) in [5.74, 6) is -0.0768. The van der Waals surface area contributed by atoms with Crippen LogP contribution in [-0.4, -0.2) is 45.2 Å². The SMILES string of the molecule is COc1cccc(OC2CCC2)c1[S@@](=N)(=O)NC(=O)c1ccc(Cn2cccn2)c(OC)n1. The van der Waals surface area contributed by atoms with Gasteiger partial charge in [-0.05, 0) is 49.6 Å². The van der Waals surface area contributed by atoms with E-state index in [0.717, 1.165) is 19.3 Å². The second-order valence-electron chi connectivity index (χ2n) is 7.51. The van der Waals surface area contributed by atoms with Crippen LogP contribution >= 0.6 is 0 Å². The number of aromatic nitrogens is 3. The van der Waals surface area contributed by atoms with Crippen molar-refractivity contribution >= 4 is 15.8 Å². The van der Waals surface area contributed by atoms with Crippen LogP contribution in [0.25, 0.3) is 0 Å². The number of ether oxygens (including phenoxy) is 3. The summed E-state index contributed by atoms with van der Waals surface area (Å²) in [5.41, 5.74) is 0.678. The third-order valence-electron chi connectivity index (χ3n) is 5.29. The highest BCUT2D eigenvalue weighted by atomic mass is 32.2. The number of methoxy groups -OCH3 is 2. The van der Waals surface area contributed by atoms with Crippen LogP contribution < -0.4 is 18.9 Å². The van der Waals surface area contributed by atoms with Crippen LogP contribution in [-0.2, 0) is 16.5 Å². The van der Waals surface area contributed by atoms with Crippen LogP contribution in [0.3, 0.4) is 0 Å². The van der Waals surface area contributed by atoms with E-state index in [-0.39, 0.29) is 34.1 Å². The first-order chi connectivity index (χ1) is 15.9. The average Bonchev–Trinajstić information content (AvgIpc) is 3.29. The molecule has 11 heteroatoms. The maximum absolute atomic E-state index is 13.4. The van der Waals surface area contributed by atoms with E-state index in [4.69, 9.17) is 19.0 Å². The zero-order chi connectivity index (χ0) is 23.4. The van der Waals surface area contributed by atoms with E-state index in [0.29, 0.717) is 12.1 Å². The molecule has 174 valence electrons. The molecule has 10 nitrogen and oxygen atoms in total. The quantitative estimate of drug-likeness (QED) is 0.491. The smallest absolute Gasteiger partial charge is 0.282 e. The van der Waals surface area contributed by atoms with Crippen molar-refractivity contribution in [3.05, 3.63) is 60.0 Å². The van der Waals surface area contributed by atoms with Gasteiger partial charge in [-0.3, -0.25) is 14.2 Å². The Balaban J connectivity index is 1.59. The summed E-state index contributed by atoms with van der Waals surface area (Å²) in [6, 6.07) is 9.87. The molecule has 0 saturated heterocycles. The minimum Gasteiger partial charge on any atom is -0.495 e. The number of nitrogens with one attached hydrogen (secondary N) is 2. The topological polar surface area (TPSA) is 128 Å². The van der Waals surface area contributed by atoms with Crippen LogP contribution in [0.4, 0.5) is 0 Å².